The van der Waals surface area contributed by atoms with Crippen LogP contribution in [-0.4, -0.2) is 58.2 Å². The van der Waals surface area contributed by atoms with Gasteiger partial charge >= 0.3 is 0 Å². The van der Waals surface area contributed by atoms with E-state index in [0.29, 0.717) is 30.9 Å². The number of hydrogen-bond donors (Lipinski definition) is 0. The Morgan fingerprint density at radius 3 is 2.96 bits per heavy atom. The lowest BCUT2D eigenvalue weighted by Gasteiger charge is -2.27. The van der Waals surface area contributed by atoms with Crippen LogP contribution >= 0.6 is 11.3 Å². The number of hydrogen-bond acceptors (Lipinski definition) is 6. The molecule has 1 saturated heterocycles. The van der Waals surface area contributed by atoms with Crippen LogP contribution in [0.1, 0.15) is 33.2 Å². The second-order valence-corrected chi connectivity index (χ2v) is 7.16. The number of thiazole rings is 1. The van der Waals surface area contributed by atoms with Crippen LogP contribution < -0.4 is 0 Å². The summed E-state index contributed by atoms with van der Waals surface area (Å²) in [5, 5.41) is 3.87. The molecule has 0 aliphatic carbocycles. The van der Waals surface area contributed by atoms with Crippen LogP contribution in [0.25, 0.3) is 0 Å². The zero-order chi connectivity index (χ0) is 17.3. The molecule has 3 heterocycles. The Labute approximate surface area is 144 Å². The highest BCUT2D eigenvalue weighted by Gasteiger charge is 2.34. The van der Waals surface area contributed by atoms with Crippen molar-refractivity contribution >= 4 is 17.2 Å². The van der Waals surface area contributed by atoms with Crippen LogP contribution in [0.4, 0.5) is 4.39 Å². The molecule has 6 nitrogen and oxygen atoms in total. The lowest BCUT2D eigenvalue weighted by Crippen LogP contribution is -2.40. The highest BCUT2D eigenvalue weighted by atomic mass is 32.1. The van der Waals surface area contributed by atoms with Gasteiger partial charge in [0.05, 0.1) is 23.4 Å². The minimum Gasteiger partial charge on any atom is -0.360 e. The number of likely N-dealkylation sites (tertiary alicyclic amines) is 1. The number of nitrogens with zero attached hydrogens (tertiary/aromatic N) is 4. The number of carbonyl (C=O) groups is 1. The van der Waals surface area contributed by atoms with E-state index in [1.807, 2.05) is 24.8 Å². The van der Waals surface area contributed by atoms with Gasteiger partial charge < -0.3 is 9.42 Å². The number of carbonyl (C=O) groups excluding carboxylic acids is 1. The molecule has 130 valence electrons. The summed E-state index contributed by atoms with van der Waals surface area (Å²) < 4.78 is 19.2. The fourth-order valence-corrected chi connectivity index (χ4v) is 3.87. The number of amides is 1. The summed E-state index contributed by atoms with van der Waals surface area (Å²) in [6.45, 7) is 5.02. The second-order valence-electron chi connectivity index (χ2n) is 6.30. The summed E-state index contributed by atoms with van der Waals surface area (Å²) >= 11 is 1.34. The van der Waals surface area contributed by atoms with Crippen molar-refractivity contribution in [2.45, 2.75) is 39.0 Å². The zero-order valence-corrected chi connectivity index (χ0v) is 14.8. The molecule has 2 atom stereocenters. The molecule has 0 spiro atoms. The summed E-state index contributed by atoms with van der Waals surface area (Å²) in [5.74, 6) is 0.659. The SMILES string of the molecule is Cc1cc(CN2C[C@@H](F)C[C@H]2CN(C)C(=O)c2scnc2C)on1. The third-order valence-electron chi connectivity index (χ3n) is 4.28. The predicted molar refractivity (Wildman–Crippen MR) is 88.8 cm³/mol. The lowest BCUT2D eigenvalue weighted by molar-refractivity contribution is 0.0749. The first-order valence-electron chi connectivity index (χ1n) is 7.90. The molecule has 1 aliphatic heterocycles. The van der Waals surface area contributed by atoms with E-state index in [1.165, 1.54) is 11.3 Å². The maximum atomic E-state index is 13.9. The van der Waals surface area contributed by atoms with Gasteiger partial charge in [0, 0.05) is 32.2 Å². The Hall–Kier alpha value is -1.80. The van der Waals surface area contributed by atoms with Gasteiger partial charge in [-0.25, -0.2) is 9.37 Å². The van der Waals surface area contributed by atoms with E-state index in [9.17, 15) is 9.18 Å². The molecule has 1 amide bonds. The normalized spacial score (nSPS) is 21.3. The summed E-state index contributed by atoms with van der Waals surface area (Å²) in [6, 6.07) is 1.82. The van der Waals surface area contributed by atoms with Crippen molar-refractivity contribution in [3.8, 4) is 0 Å². The van der Waals surface area contributed by atoms with E-state index < -0.39 is 6.17 Å². The quantitative estimate of drug-likeness (QED) is 0.827. The number of likely N-dealkylation sites (N-methyl/N-ethyl adjacent to an activating group) is 1. The maximum Gasteiger partial charge on any atom is 0.265 e. The molecule has 0 N–H and O–H groups in total. The monoisotopic (exact) mass is 352 g/mol. The third kappa shape index (κ3) is 3.64. The van der Waals surface area contributed by atoms with Crippen LogP contribution in [0.5, 0.6) is 0 Å². The average Bonchev–Trinajstić information content (AvgIpc) is 3.21. The molecular weight excluding hydrogens is 331 g/mol. The van der Waals surface area contributed by atoms with Gasteiger partial charge in [0.2, 0.25) is 0 Å². The van der Waals surface area contributed by atoms with Gasteiger partial charge in [0.1, 0.15) is 11.0 Å². The second kappa shape index (κ2) is 6.98. The molecule has 0 unspecified atom stereocenters. The first kappa shape index (κ1) is 17.0. The molecule has 2 aromatic rings. The van der Waals surface area contributed by atoms with Gasteiger partial charge in [-0.2, -0.15) is 0 Å². The van der Waals surface area contributed by atoms with Gasteiger partial charge in [-0.1, -0.05) is 5.16 Å². The van der Waals surface area contributed by atoms with E-state index in [-0.39, 0.29) is 11.9 Å². The Kier molecular flexibility index (Phi) is 4.96. The summed E-state index contributed by atoms with van der Waals surface area (Å²) in [5.41, 5.74) is 3.22. The number of rotatable bonds is 5. The van der Waals surface area contributed by atoms with Crippen molar-refractivity contribution < 1.29 is 13.7 Å². The predicted octanol–water partition coefficient (Wildman–Crippen LogP) is 2.43. The van der Waals surface area contributed by atoms with Crippen molar-refractivity contribution in [2.24, 2.45) is 0 Å². The third-order valence-corrected chi connectivity index (χ3v) is 5.20. The summed E-state index contributed by atoms with van der Waals surface area (Å²) in [4.78, 5) is 21.0. The molecule has 0 bridgehead atoms. The van der Waals surface area contributed by atoms with E-state index >= 15 is 0 Å². The maximum absolute atomic E-state index is 13.9. The van der Waals surface area contributed by atoms with Gasteiger partial charge in [-0.3, -0.25) is 9.69 Å². The molecule has 0 radical (unpaired) electrons. The largest absolute Gasteiger partial charge is 0.360 e. The fraction of sp³-hybridized carbons (Fsp3) is 0.562. The molecule has 0 aromatic carbocycles. The first-order valence-corrected chi connectivity index (χ1v) is 8.78. The van der Waals surface area contributed by atoms with Crippen LogP contribution in [0.2, 0.25) is 0 Å². The minimum absolute atomic E-state index is 0.0346. The lowest BCUT2D eigenvalue weighted by atomic mass is 10.2. The van der Waals surface area contributed by atoms with Crippen LogP contribution in [0.3, 0.4) is 0 Å². The van der Waals surface area contributed by atoms with Gasteiger partial charge in [-0.15, -0.1) is 11.3 Å². The summed E-state index contributed by atoms with van der Waals surface area (Å²) in [7, 11) is 1.75. The highest BCUT2D eigenvalue weighted by Crippen LogP contribution is 2.24. The van der Waals surface area contributed by atoms with Crippen molar-refractivity contribution in [3.05, 3.63) is 33.6 Å². The molecule has 1 fully saturated rings. The van der Waals surface area contributed by atoms with Crippen LogP contribution in [0.15, 0.2) is 16.1 Å². The van der Waals surface area contributed by atoms with Gasteiger partial charge in [0.25, 0.3) is 5.91 Å². The van der Waals surface area contributed by atoms with Gasteiger partial charge in [0.15, 0.2) is 5.76 Å². The Balaban J connectivity index is 1.65. The molecular formula is C16H21FN4O2S. The summed E-state index contributed by atoms with van der Waals surface area (Å²) in [6.07, 6.45) is -0.459. The Morgan fingerprint density at radius 1 is 1.54 bits per heavy atom. The molecule has 0 saturated carbocycles. The van der Waals surface area contributed by atoms with E-state index in [4.69, 9.17) is 4.52 Å². The molecule has 24 heavy (non-hydrogen) atoms. The average molecular weight is 352 g/mol. The van der Waals surface area contributed by atoms with E-state index in [1.54, 1.807) is 17.5 Å². The number of halogens is 1. The standard InChI is InChI=1S/C16H21FN4O2S/c1-10-4-14(23-19-10)8-21-6-12(17)5-13(21)7-20(3)16(22)15-11(2)18-9-24-15/h4,9,12-13H,5-8H2,1-3H3/t12-,13-/m0/s1. The van der Waals surface area contributed by atoms with E-state index in [0.717, 1.165) is 17.1 Å². The fourth-order valence-electron chi connectivity index (χ4n) is 3.08. The highest BCUT2D eigenvalue weighted by molar-refractivity contribution is 7.11. The first-order chi connectivity index (χ1) is 11.4. The minimum atomic E-state index is -0.882. The molecule has 3 rings (SSSR count). The molecule has 1 aliphatic rings. The zero-order valence-electron chi connectivity index (χ0n) is 14.0. The van der Waals surface area contributed by atoms with Crippen molar-refractivity contribution in [3.63, 3.8) is 0 Å². The van der Waals surface area contributed by atoms with Crippen molar-refractivity contribution in [1.82, 2.24) is 19.9 Å². The van der Waals surface area contributed by atoms with Crippen molar-refractivity contribution in [2.75, 3.05) is 20.1 Å². The van der Waals surface area contributed by atoms with Crippen LogP contribution in [-0.2, 0) is 6.54 Å². The number of aromatic nitrogens is 2. The smallest absolute Gasteiger partial charge is 0.265 e. The van der Waals surface area contributed by atoms with Crippen molar-refractivity contribution in [1.29, 1.82) is 0 Å². The number of aryl methyl sites for hydroxylation is 2. The molecule has 2 aromatic heterocycles. The topological polar surface area (TPSA) is 62.5 Å². The molecule has 8 heteroatoms. The number of alkyl halides is 1. The Morgan fingerprint density at radius 2 is 2.33 bits per heavy atom. The van der Waals surface area contributed by atoms with E-state index in [2.05, 4.69) is 10.1 Å². The Bertz CT molecular complexity index is 717. The van der Waals surface area contributed by atoms with Gasteiger partial charge in [-0.05, 0) is 20.3 Å². The van der Waals surface area contributed by atoms with Crippen LogP contribution in [0, 0.1) is 13.8 Å².